The molecular formula is C19H27N4O4S+. The number of amides is 3. The monoisotopic (exact) mass is 407 g/mol. The number of nitrogens with two attached hydrogens (primary N) is 1. The Morgan fingerprint density at radius 3 is 2.68 bits per heavy atom. The number of fused-ring (bicyclic) bond motifs is 1. The minimum atomic E-state index is -0.469. The van der Waals surface area contributed by atoms with Gasteiger partial charge >= 0.3 is 0 Å². The van der Waals surface area contributed by atoms with E-state index in [4.69, 9.17) is 10.5 Å². The number of quaternary nitrogens is 1. The van der Waals surface area contributed by atoms with Gasteiger partial charge in [0.2, 0.25) is 0 Å². The number of aryl methyl sites for hydroxylation is 1. The molecule has 1 aromatic heterocycles. The molecule has 4 rings (SSSR count). The lowest BCUT2D eigenvalue weighted by Gasteiger charge is -2.33. The van der Waals surface area contributed by atoms with Gasteiger partial charge in [-0.15, -0.1) is 11.3 Å². The van der Waals surface area contributed by atoms with E-state index in [0.717, 1.165) is 60.5 Å². The zero-order valence-electron chi connectivity index (χ0n) is 15.9. The molecule has 3 aliphatic rings. The molecule has 1 aliphatic carbocycles. The molecule has 0 bridgehead atoms. The van der Waals surface area contributed by atoms with E-state index >= 15 is 0 Å². The highest BCUT2D eigenvalue weighted by Crippen LogP contribution is 2.38. The van der Waals surface area contributed by atoms with E-state index in [2.05, 4.69) is 5.32 Å². The summed E-state index contributed by atoms with van der Waals surface area (Å²) >= 11 is 1.48. The number of thiophene rings is 1. The minimum absolute atomic E-state index is 0.0835. The molecule has 0 spiro atoms. The van der Waals surface area contributed by atoms with E-state index in [0.29, 0.717) is 36.8 Å². The Kier molecular flexibility index (Phi) is 5.65. The molecule has 3 amide bonds. The zero-order valence-corrected chi connectivity index (χ0v) is 16.7. The number of primary amides is 1. The van der Waals surface area contributed by atoms with Crippen LogP contribution in [0.15, 0.2) is 0 Å². The number of ether oxygens (including phenoxy) is 1. The fourth-order valence-corrected chi connectivity index (χ4v) is 5.66. The first-order chi connectivity index (χ1) is 13.5. The second-order valence-electron chi connectivity index (χ2n) is 7.73. The maximum atomic E-state index is 12.5. The molecule has 0 aromatic carbocycles. The molecular weight excluding hydrogens is 380 g/mol. The average molecular weight is 408 g/mol. The molecule has 0 unspecified atom stereocenters. The number of anilines is 1. The summed E-state index contributed by atoms with van der Waals surface area (Å²) in [4.78, 5) is 40.9. The standard InChI is InChI=1S/C19H26N4O4S/c20-17(25)16-12-3-1-5-14(12)28-18(16)21-15(24)11-22-6-8-23(9-7-22)19(26)13-4-2-10-27-13/h13H,1-11H2,(H2,20,25)(H,21,24)/p+1/t13-/m0/s1. The number of hydrogen-bond acceptors (Lipinski definition) is 5. The van der Waals surface area contributed by atoms with Crippen LogP contribution < -0.4 is 16.0 Å². The average Bonchev–Trinajstić information content (AvgIpc) is 3.38. The Balaban J connectivity index is 1.30. The van der Waals surface area contributed by atoms with E-state index in [9.17, 15) is 14.4 Å². The van der Waals surface area contributed by atoms with E-state index in [1.807, 2.05) is 4.90 Å². The third kappa shape index (κ3) is 3.92. The van der Waals surface area contributed by atoms with Crippen LogP contribution >= 0.6 is 11.3 Å². The molecule has 2 aliphatic heterocycles. The lowest BCUT2D eigenvalue weighted by molar-refractivity contribution is -0.895. The topological polar surface area (TPSA) is 106 Å². The van der Waals surface area contributed by atoms with Crippen molar-refractivity contribution < 1.29 is 24.0 Å². The van der Waals surface area contributed by atoms with E-state index in [1.165, 1.54) is 11.3 Å². The molecule has 152 valence electrons. The SMILES string of the molecule is NC(=O)c1c(NC(=O)C[NH+]2CCN(C(=O)[C@@H]3CCCO3)CC2)sc2c1CCC2. The molecule has 2 saturated heterocycles. The van der Waals surface area contributed by atoms with Gasteiger partial charge in [0.1, 0.15) is 11.1 Å². The largest absolute Gasteiger partial charge is 0.368 e. The predicted octanol–water partition coefficient (Wildman–Crippen LogP) is -0.820. The van der Waals surface area contributed by atoms with Gasteiger partial charge in [-0.2, -0.15) is 0 Å². The van der Waals surface area contributed by atoms with Crippen LogP contribution in [0.3, 0.4) is 0 Å². The van der Waals surface area contributed by atoms with Crippen LogP contribution in [0.5, 0.6) is 0 Å². The second-order valence-corrected chi connectivity index (χ2v) is 8.83. The zero-order chi connectivity index (χ0) is 19.7. The van der Waals surface area contributed by atoms with Crippen molar-refractivity contribution in [1.82, 2.24) is 4.90 Å². The van der Waals surface area contributed by atoms with Crippen LogP contribution in [0.2, 0.25) is 0 Å². The summed E-state index contributed by atoms with van der Waals surface area (Å²) in [6.07, 6.45) is 4.31. The summed E-state index contributed by atoms with van der Waals surface area (Å²) in [6.45, 7) is 3.73. The third-order valence-corrected chi connectivity index (χ3v) is 7.03. The Labute approximate surface area is 168 Å². The smallest absolute Gasteiger partial charge is 0.280 e. The lowest BCUT2D eigenvalue weighted by atomic mass is 10.1. The third-order valence-electron chi connectivity index (χ3n) is 5.82. The first kappa shape index (κ1) is 19.4. The fraction of sp³-hybridized carbons (Fsp3) is 0.632. The predicted molar refractivity (Wildman–Crippen MR) is 105 cm³/mol. The normalized spacial score (nSPS) is 22.3. The van der Waals surface area contributed by atoms with Crippen LogP contribution in [0.1, 0.15) is 40.1 Å². The molecule has 8 nitrogen and oxygen atoms in total. The van der Waals surface area contributed by atoms with Crippen molar-refractivity contribution in [3.8, 4) is 0 Å². The summed E-state index contributed by atoms with van der Waals surface area (Å²) < 4.78 is 5.48. The van der Waals surface area contributed by atoms with Gasteiger partial charge in [-0.1, -0.05) is 0 Å². The molecule has 0 saturated carbocycles. The van der Waals surface area contributed by atoms with Gasteiger partial charge in [-0.3, -0.25) is 14.4 Å². The highest BCUT2D eigenvalue weighted by molar-refractivity contribution is 7.17. The molecule has 28 heavy (non-hydrogen) atoms. The minimum Gasteiger partial charge on any atom is -0.368 e. The Morgan fingerprint density at radius 1 is 1.21 bits per heavy atom. The lowest BCUT2D eigenvalue weighted by Crippen LogP contribution is -3.15. The number of piperazine rings is 1. The number of rotatable bonds is 5. The van der Waals surface area contributed by atoms with Crippen LogP contribution in [0.4, 0.5) is 5.00 Å². The summed E-state index contributed by atoms with van der Waals surface area (Å²) in [7, 11) is 0. The van der Waals surface area contributed by atoms with Crippen molar-refractivity contribution in [1.29, 1.82) is 0 Å². The van der Waals surface area contributed by atoms with Crippen LogP contribution in [-0.2, 0) is 27.2 Å². The summed E-state index contributed by atoms with van der Waals surface area (Å²) in [5.74, 6) is -0.500. The van der Waals surface area contributed by atoms with E-state index in [1.54, 1.807) is 0 Å². The maximum absolute atomic E-state index is 12.5. The maximum Gasteiger partial charge on any atom is 0.280 e. The number of nitrogens with zero attached hydrogens (tertiary/aromatic N) is 1. The summed E-state index contributed by atoms with van der Waals surface area (Å²) in [6, 6.07) is 0. The first-order valence-electron chi connectivity index (χ1n) is 10.0. The van der Waals surface area contributed by atoms with Crippen molar-refractivity contribution in [3.05, 3.63) is 16.0 Å². The Bertz CT molecular complexity index is 779. The van der Waals surface area contributed by atoms with Gasteiger partial charge in [0.05, 0.1) is 31.7 Å². The highest BCUT2D eigenvalue weighted by Gasteiger charge is 2.32. The Hall–Kier alpha value is -1.97. The van der Waals surface area contributed by atoms with Gasteiger partial charge in [0.15, 0.2) is 6.54 Å². The van der Waals surface area contributed by atoms with Crippen molar-refractivity contribution in [2.24, 2.45) is 5.73 Å². The van der Waals surface area contributed by atoms with Crippen LogP contribution in [0.25, 0.3) is 0 Å². The van der Waals surface area contributed by atoms with Gasteiger partial charge in [-0.25, -0.2) is 0 Å². The quantitative estimate of drug-likeness (QED) is 0.593. The molecule has 3 heterocycles. The second kappa shape index (κ2) is 8.18. The molecule has 1 aromatic rings. The van der Waals surface area contributed by atoms with Crippen LogP contribution in [0, 0.1) is 0 Å². The molecule has 4 N–H and O–H groups in total. The van der Waals surface area contributed by atoms with E-state index < -0.39 is 5.91 Å². The number of carbonyl (C=O) groups is 3. The van der Waals surface area contributed by atoms with Gasteiger partial charge in [0.25, 0.3) is 17.7 Å². The first-order valence-corrected chi connectivity index (χ1v) is 10.8. The number of nitrogens with one attached hydrogen (secondary N) is 2. The van der Waals surface area contributed by atoms with Gasteiger partial charge in [-0.05, 0) is 37.7 Å². The fourth-order valence-electron chi connectivity index (χ4n) is 4.35. The molecule has 0 radical (unpaired) electrons. The van der Waals surface area contributed by atoms with Crippen molar-refractivity contribution in [2.75, 3.05) is 44.6 Å². The van der Waals surface area contributed by atoms with Crippen LogP contribution in [-0.4, -0.2) is 68.1 Å². The Morgan fingerprint density at radius 2 is 2.00 bits per heavy atom. The van der Waals surface area contributed by atoms with Gasteiger partial charge in [0, 0.05) is 11.5 Å². The van der Waals surface area contributed by atoms with Gasteiger partial charge < -0.3 is 25.6 Å². The summed E-state index contributed by atoms with van der Waals surface area (Å²) in [5, 5.41) is 3.50. The molecule has 2 fully saturated rings. The highest BCUT2D eigenvalue weighted by atomic mass is 32.1. The van der Waals surface area contributed by atoms with Crippen molar-refractivity contribution in [2.45, 2.75) is 38.2 Å². The van der Waals surface area contributed by atoms with Crippen molar-refractivity contribution in [3.63, 3.8) is 0 Å². The number of hydrogen-bond donors (Lipinski definition) is 3. The molecule has 9 heteroatoms. The van der Waals surface area contributed by atoms with E-state index in [-0.39, 0.29) is 17.9 Å². The molecule has 1 atom stereocenters. The number of carbonyl (C=O) groups excluding carboxylic acids is 3. The summed E-state index contributed by atoms with van der Waals surface area (Å²) in [5.41, 5.74) is 7.06. The van der Waals surface area contributed by atoms with Crippen molar-refractivity contribution >= 4 is 34.1 Å².